The summed E-state index contributed by atoms with van der Waals surface area (Å²) >= 11 is 7.69. The topological polar surface area (TPSA) is 65.6 Å². The molecule has 0 N–H and O–H groups in total. The van der Waals surface area contributed by atoms with Gasteiger partial charge in [0.25, 0.3) is 0 Å². The second-order valence-corrected chi connectivity index (χ2v) is 6.11. The molecule has 0 unspecified atom stereocenters. The normalized spacial score (nSPS) is 11.0. The molecule has 2 aromatic heterocycles. The zero-order valence-electron chi connectivity index (χ0n) is 11.9. The monoisotopic (exact) mass is 335 g/mol. The Bertz CT molecular complexity index is 838. The minimum atomic E-state index is -0.335. The fourth-order valence-corrected chi connectivity index (χ4v) is 3.16. The van der Waals surface area contributed by atoms with Crippen LogP contribution in [-0.4, -0.2) is 24.8 Å². The summed E-state index contributed by atoms with van der Waals surface area (Å²) in [5.74, 6) is 0. The van der Waals surface area contributed by atoms with Gasteiger partial charge in [-0.2, -0.15) is 9.36 Å². The number of aromatic nitrogens is 5. The van der Waals surface area contributed by atoms with Gasteiger partial charge in [0, 0.05) is 5.38 Å². The smallest absolute Gasteiger partial charge is 0.244 e. The number of hydrogen-bond donors (Lipinski definition) is 0. The number of hydrogen-bond acceptors (Lipinski definition) is 5. The largest absolute Gasteiger partial charge is 0.368 e. The second-order valence-electron chi connectivity index (χ2n) is 4.76. The summed E-state index contributed by atoms with van der Waals surface area (Å²) in [5, 5.41) is 11.3. The summed E-state index contributed by atoms with van der Waals surface area (Å²) < 4.78 is 2.48. The van der Waals surface area contributed by atoms with Gasteiger partial charge in [0.1, 0.15) is 0 Å². The number of thiazole rings is 1. The Kier molecular flexibility index (Phi) is 4.35. The van der Waals surface area contributed by atoms with Crippen LogP contribution in [0.3, 0.4) is 0 Å². The van der Waals surface area contributed by atoms with E-state index in [-0.39, 0.29) is 5.69 Å². The van der Waals surface area contributed by atoms with Crippen molar-refractivity contribution in [2.24, 2.45) is 0 Å². The predicted molar refractivity (Wildman–Crippen MR) is 85.8 cm³/mol. The summed E-state index contributed by atoms with van der Waals surface area (Å²) in [4.78, 5) is 16.9. The first kappa shape index (κ1) is 14.9. The van der Waals surface area contributed by atoms with Gasteiger partial charge in [0.2, 0.25) is 0 Å². The summed E-state index contributed by atoms with van der Waals surface area (Å²) in [5.41, 5.74) is 1.00. The van der Waals surface area contributed by atoms with E-state index >= 15 is 0 Å². The van der Waals surface area contributed by atoms with Crippen molar-refractivity contribution in [2.75, 3.05) is 0 Å². The minimum absolute atomic E-state index is 0.309. The van der Waals surface area contributed by atoms with Crippen molar-refractivity contribution in [1.29, 1.82) is 0 Å². The van der Waals surface area contributed by atoms with Gasteiger partial charge in [-0.1, -0.05) is 30.7 Å². The highest BCUT2D eigenvalue weighted by molar-refractivity contribution is 7.09. The van der Waals surface area contributed by atoms with Gasteiger partial charge in [-0.3, -0.25) is 0 Å². The Morgan fingerprint density at radius 3 is 2.86 bits per heavy atom. The summed E-state index contributed by atoms with van der Waals surface area (Å²) in [6.45, 7) is 2.42. The summed E-state index contributed by atoms with van der Waals surface area (Å²) in [7, 11) is 0. The Morgan fingerprint density at radius 2 is 2.09 bits per heavy atom. The van der Waals surface area contributed by atoms with Crippen molar-refractivity contribution in [1.82, 2.24) is 24.8 Å². The van der Waals surface area contributed by atoms with Crippen LogP contribution in [0.5, 0.6) is 0 Å². The molecule has 0 saturated heterocycles. The lowest BCUT2D eigenvalue weighted by Gasteiger charge is -2.00. The van der Waals surface area contributed by atoms with Gasteiger partial charge in [-0.05, 0) is 35.4 Å². The molecule has 2 heterocycles. The van der Waals surface area contributed by atoms with Crippen LogP contribution < -0.4 is 5.69 Å². The first-order valence-corrected chi connectivity index (χ1v) is 8.16. The minimum Gasteiger partial charge on any atom is -0.244 e. The molecule has 0 aliphatic carbocycles. The van der Waals surface area contributed by atoms with Crippen molar-refractivity contribution in [3.63, 3.8) is 0 Å². The molecule has 22 heavy (non-hydrogen) atoms. The van der Waals surface area contributed by atoms with Crippen molar-refractivity contribution in [3.05, 3.63) is 55.9 Å². The van der Waals surface area contributed by atoms with E-state index in [1.807, 2.05) is 5.38 Å². The molecule has 3 rings (SSSR count). The zero-order valence-corrected chi connectivity index (χ0v) is 13.5. The second kappa shape index (κ2) is 6.41. The number of aryl methyl sites for hydroxylation is 1. The van der Waals surface area contributed by atoms with Crippen LogP contribution in [0.1, 0.15) is 24.0 Å². The highest BCUT2D eigenvalue weighted by atomic mass is 35.5. The lowest BCUT2D eigenvalue weighted by molar-refractivity contribution is 0.622. The molecule has 0 saturated carbocycles. The molecule has 0 aliphatic rings. The lowest BCUT2D eigenvalue weighted by atomic mass is 10.3. The van der Waals surface area contributed by atoms with Crippen LogP contribution >= 0.6 is 22.9 Å². The van der Waals surface area contributed by atoms with E-state index in [0.29, 0.717) is 17.3 Å². The zero-order chi connectivity index (χ0) is 15.5. The molecule has 3 aromatic rings. The van der Waals surface area contributed by atoms with Crippen LogP contribution in [0.2, 0.25) is 5.02 Å². The van der Waals surface area contributed by atoms with Gasteiger partial charge < -0.3 is 0 Å². The van der Waals surface area contributed by atoms with Crippen LogP contribution in [0, 0.1) is 0 Å². The van der Waals surface area contributed by atoms with Crippen molar-refractivity contribution in [2.45, 2.75) is 26.3 Å². The van der Waals surface area contributed by atoms with Crippen molar-refractivity contribution >= 4 is 22.9 Å². The predicted octanol–water partition coefficient (Wildman–Crippen LogP) is 2.54. The Hall–Kier alpha value is -1.99. The van der Waals surface area contributed by atoms with Crippen LogP contribution in [-0.2, 0) is 13.0 Å². The highest BCUT2D eigenvalue weighted by Gasteiger charge is 2.12. The Balaban J connectivity index is 1.87. The third-order valence-corrected chi connectivity index (χ3v) is 4.37. The summed E-state index contributed by atoms with van der Waals surface area (Å²) in [6, 6.07) is 7.03. The van der Waals surface area contributed by atoms with E-state index in [0.717, 1.165) is 23.5 Å². The molecular formula is C14H14ClN5OS. The first-order chi connectivity index (χ1) is 10.7. The molecule has 1 aromatic carbocycles. The standard InChI is InChI=1S/C14H14ClN5OS/c1-2-5-13-16-10(9-22-13)8-19-14(21)20(18-17-19)12-7-4-3-6-11(12)15/h3-4,6-7,9H,2,5,8H2,1H3. The van der Waals surface area contributed by atoms with Crippen molar-refractivity contribution < 1.29 is 0 Å². The third kappa shape index (κ3) is 2.95. The SMILES string of the molecule is CCCc1nc(Cn2nnn(-c3ccccc3Cl)c2=O)cs1. The van der Waals surface area contributed by atoms with E-state index in [1.54, 1.807) is 35.6 Å². The molecule has 0 fully saturated rings. The van der Waals surface area contributed by atoms with Gasteiger partial charge in [-0.15, -0.1) is 11.3 Å². The maximum atomic E-state index is 12.4. The molecule has 0 spiro atoms. The fourth-order valence-electron chi connectivity index (χ4n) is 2.05. The van der Waals surface area contributed by atoms with Crippen LogP contribution in [0.4, 0.5) is 0 Å². The number of rotatable bonds is 5. The van der Waals surface area contributed by atoms with Gasteiger partial charge >= 0.3 is 5.69 Å². The molecular weight excluding hydrogens is 322 g/mol. The molecule has 8 heteroatoms. The number of para-hydroxylation sites is 1. The van der Waals surface area contributed by atoms with Crippen LogP contribution in [0.25, 0.3) is 5.69 Å². The first-order valence-electron chi connectivity index (χ1n) is 6.90. The van der Waals surface area contributed by atoms with Crippen LogP contribution in [0.15, 0.2) is 34.4 Å². The lowest BCUT2D eigenvalue weighted by Crippen LogP contribution is -2.25. The van der Waals surface area contributed by atoms with E-state index in [1.165, 1.54) is 9.36 Å². The van der Waals surface area contributed by atoms with E-state index < -0.39 is 0 Å². The van der Waals surface area contributed by atoms with Gasteiger partial charge in [0.15, 0.2) is 0 Å². The summed E-state index contributed by atoms with van der Waals surface area (Å²) in [6.07, 6.45) is 2.00. The molecule has 0 amide bonds. The average Bonchev–Trinajstić information content (AvgIpc) is 3.09. The maximum absolute atomic E-state index is 12.4. The highest BCUT2D eigenvalue weighted by Crippen LogP contribution is 2.17. The third-order valence-electron chi connectivity index (χ3n) is 3.09. The Labute approximate surface area is 136 Å². The maximum Gasteiger partial charge on any atom is 0.368 e. The van der Waals surface area contributed by atoms with E-state index in [9.17, 15) is 4.79 Å². The van der Waals surface area contributed by atoms with Crippen molar-refractivity contribution in [3.8, 4) is 5.69 Å². The average molecular weight is 336 g/mol. The number of nitrogens with zero attached hydrogens (tertiary/aromatic N) is 5. The molecule has 0 bridgehead atoms. The van der Waals surface area contributed by atoms with Gasteiger partial charge in [0.05, 0.1) is 28.0 Å². The van der Waals surface area contributed by atoms with E-state index in [4.69, 9.17) is 11.6 Å². The molecule has 0 aliphatic heterocycles. The van der Waals surface area contributed by atoms with E-state index in [2.05, 4.69) is 22.3 Å². The molecule has 114 valence electrons. The Morgan fingerprint density at radius 1 is 1.27 bits per heavy atom. The molecule has 6 nitrogen and oxygen atoms in total. The number of benzene rings is 1. The molecule has 0 radical (unpaired) electrons. The van der Waals surface area contributed by atoms with Gasteiger partial charge in [-0.25, -0.2) is 9.78 Å². The quantitative estimate of drug-likeness (QED) is 0.718. The number of halogens is 1. The number of tetrazole rings is 1. The molecule has 0 atom stereocenters. The fraction of sp³-hybridized carbons (Fsp3) is 0.286.